The molecule has 1 aromatic rings. The lowest BCUT2D eigenvalue weighted by molar-refractivity contribution is -0.143. The molecule has 1 aliphatic rings. The van der Waals surface area contributed by atoms with Gasteiger partial charge < -0.3 is 4.74 Å². The lowest BCUT2D eigenvalue weighted by Gasteiger charge is -2.54. The molecular weight excluding hydrogens is 270 g/mol. The highest BCUT2D eigenvalue weighted by molar-refractivity contribution is 7.10. The number of carbonyl (C=O) groups excluding carboxylic acids is 1. The van der Waals surface area contributed by atoms with Gasteiger partial charge in [0.05, 0.1) is 12.6 Å². The number of ether oxygens (including phenoxy) is 1. The van der Waals surface area contributed by atoms with E-state index in [9.17, 15) is 4.79 Å². The maximum absolute atomic E-state index is 11.3. The minimum absolute atomic E-state index is 0.0637. The first-order valence-corrected chi connectivity index (χ1v) is 8.35. The van der Waals surface area contributed by atoms with Crippen LogP contribution < -0.4 is 0 Å². The van der Waals surface area contributed by atoms with E-state index in [0.29, 0.717) is 24.5 Å². The average molecular weight is 295 g/mol. The summed E-state index contributed by atoms with van der Waals surface area (Å²) in [7, 11) is 0. The quantitative estimate of drug-likeness (QED) is 0.565. The Kier molecular flexibility index (Phi) is 5.22. The Labute approximate surface area is 125 Å². The summed E-state index contributed by atoms with van der Waals surface area (Å²) in [5.74, 6) is -0.0637. The van der Waals surface area contributed by atoms with E-state index in [1.165, 1.54) is 4.88 Å². The SMILES string of the molecule is CCOC(=O)CCCCN1CC(C)(C)C1c1cccs1. The second-order valence-electron chi connectivity index (χ2n) is 6.14. The molecule has 20 heavy (non-hydrogen) atoms. The molecule has 0 spiro atoms. The highest BCUT2D eigenvalue weighted by atomic mass is 32.1. The number of carbonyl (C=O) groups is 1. The van der Waals surface area contributed by atoms with Crippen LogP contribution in [0.15, 0.2) is 17.5 Å². The molecule has 0 radical (unpaired) electrons. The summed E-state index contributed by atoms with van der Waals surface area (Å²) >= 11 is 1.85. The van der Waals surface area contributed by atoms with Crippen molar-refractivity contribution < 1.29 is 9.53 Å². The number of likely N-dealkylation sites (tertiary alicyclic amines) is 1. The molecule has 2 rings (SSSR count). The van der Waals surface area contributed by atoms with Gasteiger partial charge in [0, 0.05) is 17.8 Å². The van der Waals surface area contributed by atoms with E-state index in [0.717, 1.165) is 25.9 Å². The summed E-state index contributed by atoms with van der Waals surface area (Å²) in [5.41, 5.74) is 0.367. The third-order valence-corrected chi connectivity index (χ3v) is 4.83. The molecule has 0 aliphatic carbocycles. The van der Waals surface area contributed by atoms with Gasteiger partial charge in [0.15, 0.2) is 0 Å². The molecule has 1 unspecified atom stereocenters. The van der Waals surface area contributed by atoms with Gasteiger partial charge in [0.2, 0.25) is 0 Å². The van der Waals surface area contributed by atoms with E-state index >= 15 is 0 Å². The molecule has 3 nitrogen and oxygen atoms in total. The number of rotatable bonds is 7. The van der Waals surface area contributed by atoms with Gasteiger partial charge >= 0.3 is 5.97 Å². The zero-order valence-electron chi connectivity index (χ0n) is 12.7. The van der Waals surface area contributed by atoms with Crippen molar-refractivity contribution in [2.45, 2.75) is 46.1 Å². The van der Waals surface area contributed by atoms with Gasteiger partial charge in [-0.05, 0) is 43.2 Å². The molecule has 1 aliphatic heterocycles. The summed E-state index contributed by atoms with van der Waals surface area (Å²) in [4.78, 5) is 15.3. The third kappa shape index (κ3) is 3.61. The van der Waals surface area contributed by atoms with Gasteiger partial charge in [-0.2, -0.15) is 0 Å². The van der Waals surface area contributed by atoms with Crippen molar-refractivity contribution in [2.75, 3.05) is 19.7 Å². The molecule has 1 aromatic heterocycles. The minimum Gasteiger partial charge on any atom is -0.466 e. The van der Waals surface area contributed by atoms with Crippen molar-refractivity contribution in [2.24, 2.45) is 5.41 Å². The average Bonchev–Trinajstić information content (AvgIpc) is 2.86. The molecule has 2 heterocycles. The highest BCUT2D eigenvalue weighted by Gasteiger charge is 2.46. The maximum Gasteiger partial charge on any atom is 0.305 e. The standard InChI is InChI=1S/C16H25NO2S/c1-4-19-14(18)9-5-6-10-17-12-16(2,3)15(17)13-8-7-11-20-13/h7-8,11,15H,4-6,9-10,12H2,1-3H3. The zero-order chi connectivity index (χ0) is 14.6. The van der Waals surface area contributed by atoms with Crippen molar-refractivity contribution >= 4 is 17.3 Å². The molecule has 4 heteroatoms. The summed E-state index contributed by atoms with van der Waals surface area (Å²) in [6.07, 6.45) is 2.54. The first-order chi connectivity index (χ1) is 9.54. The largest absolute Gasteiger partial charge is 0.466 e. The van der Waals surface area contributed by atoms with E-state index < -0.39 is 0 Å². The van der Waals surface area contributed by atoms with Gasteiger partial charge in [-0.3, -0.25) is 9.69 Å². The Bertz CT molecular complexity index is 428. The molecule has 0 bridgehead atoms. The molecule has 112 valence electrons. The van der Waals surface area contributed by atoms with Crippen LogP contribution in [-0.4, -0.2) is 30.6 Å². The van der Waals surface area contributed by atoms with Crippen LogP contribution in [0.3, 0.4) is 0 Å². The second kappa shape index (κ2) is 6.72. The Balaban J connectivity index is 1.75. The van der Waals surface area contributed by atoms with E-state index in [4.69, 9.17) is 4.74 Å². The second-order valence-corrected chi connectivity index (χ2v) is 7.12. The van der Waals surface area contributed by atoms with Crippen molar-refractivity contribution in [3.8, 4) is 0 Å². The summed E-state index contributed by atoms with van der Waals surface area (Å²) < 4.78 is 4.95. The molecule has 0 saturated carbocycles. The Hall–Kier alpha value is -0.870. The first kappa shape index (κ1) is 15.5. The van der Waals surface area contributed by atoms with Crippen molar-refractivity contribution in [3.63, 3.8) is 0 Å². The molecule has 0 amide bonds. The number of hydrogen-bond acceptors (Lipinski definition) is 4. The summed E-state index contributed by atoms with van der Waals surface area (Å²) in [6, 6.07) is 4.92. The zero-order valence-corrected chi connectivity index (χ0v) is 13.5. The van der Waals surface area contributed by atoms with Crippen LogP contribution in [0, 0.1) is 5.41 Å². The summed E-state index contributed by atoms with van der Waals surface area (Å²) in [6.45, 7) is 9.24. The van der Waals surface area contributed by atoms with E-state index in [-0.39, 0.29) is 5.97 Å². The molecular formula is C16H25NO2S. The topological polar surface area (TPSA) is 29.5 Å². The van der Waals surface area contributed by atoms with Gasteiger partial charge in [-0.25, -0.2) is 0 Å². The number of thiophene rings is 1. The van der Waals surface area contributed by atoms with Crippen LogP contribution in [-0.2, 0) is 9.53 Å². The highest BCUT2D eigenvalue weighted by Crippen LogP contribution is 2.49. The van der Waals surface area contributed by atoms with Crippen LogP contribution in [0.4, 0.5) is 0 Å². The molecule has 1 saturated heterocycles. The smallest absolute Gasteiger partial charge is 0.305 e. The van der Waals surface area contributed by atoms with Gasteiger partial charge in [0.1, 0.15) is 0 Å². The summed E-state index contributed by atoms with van der Waals surface area (Å²) in [5, 5.41) is 2.16. The Morgan fingerprint density at radius 1 is 1.50 bits per heavy atom. The Morgan fingerprint density at radius 2 is 2.30 bits per heavy atom. The van der Waals surface area contributed by atoms with Crippen LogP contribution in [0.5, 0.6) is 0 Å². The van der Waals surface area contributed by atoms with Crippen LogP contribution in [0.2, 0.25) is 0 Å². The van der Waals surface area contributed by atoms with Crippen LogP contribution in [0.25, 0.3) is 0 Å². The van der Waals surface area contributed by atoms with Crippen LogP contribution in [0.1, 0.15) is 51.0 Å². The van der Waals surface area contributed by atoms with Crippen molar-refractivity contribution in [3.05, 3.63) is 22.4 Å². The van der Waals surface area contributed by atoms with Gasteiger partial charge in [-0.1, -0.05) is 19.9 Å². The lowest BCUT2D eigenvalue weighted by atomic mass is 9.74. The van der Waals surface area contributed by atoms with E-state index in [2.05, 4.69) is 36.3 Å². The number of esters is 1. The number of unbranched alkanes of at least 4 members (excludes halogenated alkanes) is 1. The van der Waals surface area contributed by atoms with Crippen molar-refractivity contribution in [1.82, 2.24) is 4.90 Å². The molecule has 1 fully saturated rings. The fraction of sp³-hybridized carbons (Fsp3) is 0.688. The molecule has 0 aromatic carbocycles. The first-order valence-electron chi connectivity index (χ1n) is 7.47. The molecule has 0 N–H and O–H groups in total. The molecule has 1 atom stereocenters. The maximum atomic E-state index is 11.3. The Morgan fingerprint density at radius 3 is 2.90 bits per heavy atom. The fourth-order valence-electron chi connectivity index (χ4n) is 3.12. The minimum atomic E-state index is -0.0637. The van der Waals surface area contributed by atoms with Gasteiger partial charge in [-0.15, -0.1) is 11.3 Å². The van der Waals surface area contributed by atoms with Gasteiger partial charge in [0.25, 0.3) is 0 Å². The van der Waals surface area contributed by atoms with Crippen molar-refractivity contribution in [1.29, 1.82) is 0 Å². The van der Waals surface area contributed by atoms with E-state index in [1.54, 1.807) is 0 Å². The monoisotopic (exact) mass is 295 g/mol. The fourth-order valence-corrected chi connectivity index (χ4v) is 4.19. The number of nitrogens with zero attached hydrogens (tertiary/aromatic N) is 1. The lowest BCUT2D eigenvalue weighted by Crippen LogP contribution is -2.55. The van der Waals surface area contributed by atoms with Crippen LogP contribution >= 0.6 is 11.3 Å². The predicted molar refractivity (Wildman–Crippen MR) is 82.9 cm³/mol. The normalized spacial score (nSPS) is 21.4. The third-order valence-electron chi connectivity index (χ3n) is 3.91. The number of hydrogen-bond donors (Lipinski definition) is 0. The van der Waals surface area contributed by atoms with E-state index in [1.807, 2.05) is 18.3 Å². The predicted octanol–water partition coefficient (Wildman–Crippen LogP) is 3.86.